The summed E-state index contributed by atoms with van der Waals surface area (Å²) in [6, 6.07) is 12.5. The number of rotatable bonds is 4. The minimum absolute atomic E-state index is 0.142. The molecule has 0 saturated heterocycles. The maximum atomic E-state index is 13.1. The lowest BCUT2D eigenvalue weighted by molar-refractivity contribution is 0.458. The minimum atomic E-state index is -0.316. The number of hydrogen-bond donors (Lipinski definition) is 2. The summed E-state index contributed by atoms with van der Waals surface area (Å²) >= 11 is 0. The van der Waals surface area contributed by atoms with Crippen molar-refractivity contribution < 1.29 is 9.50 Å². The van der Waals surface area contributed by atoms with Crippen LogP contribution in [0, 0.1) is 5.82 Å². The largest absolute Gasteiger partial charge is 0.508 e. The van der Waals surface area contributed by atoms with E-state index in [9.17, 15) is 9.50 Å². The molecule has 2 aromatic rings. The molecule has 2 aromatic carbocycles. The highest BCUT2D eigenvalue weighted by Crippen LogP contribution is 2.34. The topological polar surface area (TPSA) is 32.3 Å². The van der Waals surface area contributed by atoms with Crippen molar-refractivity contribution in [1.29, 1.82) is 0 Å². The first-order valence-electron chi connectivity index (χ1n) is 6.50. The molecule has 0 heterocycles. The Morgan fingerprint density at radius 3 is 2.89 bits per heavy atom. The molecule has 0 spiro atoms. The Hall–Kier alpha value is -1.87. The molecule has 3 heteroatoms. The molecule has 0 amide bonds. The smallest absolute Gasteiger partial charge is 0.123 e. The summed E-state index contributed by atoms with van der Waals surface area (Å²) in [4.78, 5) is 0. The van der Waals surface area contributed by atoms with Crippen molar-refractivity contribution in [2.75, 3.05) is 6.54 Å². The van der Waals surface area contributed by atoms with Crippen molar-refractivity contribution in [3.05, 3.63) is 65.0 Å². The molecule has 19 heavy (non-hydrogen) atoms. The third-order valence-electron chi connectivity index (χ3n) is 3.71. The summed E-state index contributed by atoms with van der Waals surface area (Å²) < 4.78 is 13.1. The van der Waals surface area contributed by atoms with Gasteiger partial charge < -0.3 is 10.4 Å². The Balaban J connectivity index is 1.56. The van der Waals surface area contributed by atoms with Crippen LogP contribution in [0.2, 0.25) is 0 Å². The van der Waals surface area contributed by atoms with Gasteiger partial charge in [0.15, 0.2) is 0 Å². The van der Waals surface area contributed by atoms with E-state index < -0.39 is 0 Å². The lowest BCUT2D eigenvalue weighted by Gasteiger charge is -2.30. The van der Waals surface area contributed by atoms with E-state index in [-0.39, 0.29) is 11.6 Å². The zero-order valence-corrected chi connectivity index (χ0v) is 10.6. The van der Waals surface area contributed by atoms with Gasteiger partial charge in [-0.2, -0.15) is 0 Å². The molecule has 1 aliphatic carbocycles. The van der Waals surface area contributed by atoms with Crippen LogP contribution in [-0.2, 0) is 13.0 Å². The van der Waals surface area contributed by atoms with Crippen molar-refractivity contribution in [1.82, 2.24) is 5.32 Å². The van der Waals surface area contributed by atoms with Crippen molar-refractivity contribution in [2.45, 2.75) is 18.9 Å². The highest BCUT2D eigenvalue weighted by atomic mass is 19.1. The van der Waals surface area contributed by atoms with Crippen molar-refractivity contribution in [3.8, 4) is 5.75 Å². The molecule has 98 valence electrons. The van der Waals surface area contributed by atoms with E-state index in [2.05, 4.69) is 29.6 Å². The highest BCUT2D eigenvalue weighted by molar-refractivity contribution is 5.40. The van der Waals surface area contributed by atoms with Gasteiger partial charge in [0, 0.05) is 24.6 Å². The molecule has 2 nitrogen and oxygen atoms in total. The monoisotopic (exact) mass is 257 g/mol. The zero-order chi connectivity index (χ0) is 13.2. The van der Waals surface area contributed by atoms with E-state index in [0.29, 0.717) is 18.0 Å². The third-order valence-corrected chi connectivity index (χ3v) is 3.71. The maximum absolute atomic E-state index is 13.1. The molecule has 2 N–H and O–H groups in total. The fraction of sp³-hybridized carbons (Fsp3) is 0.250. The lowest BCUT2D eigenvalue weighted by Crippen LogP contribution is -2.28. The first-order chi connectivity index (χ1) is 9.24. The summed E-state index contributed by atoms with van der Waals surface area (Å²) in [5, 5.41) is 12.9. The third kappa shape index (κ3) is 2.47. The minimum Gasteiger partial charge on any atom is -0.508 e. The quantitative estimate of drug-likeness (QED) is 0.882. The van der Waals surface area contributed by atoms with Gasteiger partial charge in [-0.3, -0.25) is 0 Å². The van der Waals surface area contributed by atoms with Gasteiger partial charge in [0.25, 0.3) is 0 Å². The van der Waals surface area contributed by atoms with Gasteiger partial charge in [0.05, 0.1) is 0 Å². The molecule has 1 atom stereocenters. The summed E-state index contributed by atoms with van der Waals surface area (Å²) in [6.07, 6.45) is 1.10. The highest BCUT2D eigenvalue weighted by Gasteiger charge is 2.24. The van der Waals surface area contributed by atoms with Crippen LogP contribution in [0.3, 0.4) is 0 Å². The Labute approximate surface area is 111 Å². The van der Waals surface area contributed by atoms with E-state index in [1.165, 1.54) is 29.3 Å². The molecule has 0 aliphatic heterocycles. The van der Waals surface area contributed by atoms with Crippen molar-refractivity contribution in [3.63, 3.8) is 0 Å². The van der Waals surface area contributed by atoms with E-state index >= 15 is 0 Å². The first-order valence-corrected chi connectivity index (χ1v) is 6.50. The van der Waals surface area contributed by atoms with Gasteiger partial charge in [-0.15, -0.1) is 0 Å². The Bertz CT molecular complexity index is 597. The standard InChI is InChI=1S/C16H16FNO/c17-14-5-6-16(19)13(8-14)10-18-9-12-7-11-3-1-2-4-15(11)12/h1-6,8,12,18-19H,7,9-10H2. The Kier molecular flexibility index (Phi) is 3.22. The van der Waals surface area contributed by atoms with Crippen LogP contribution in [0.5, 0.6) is 5.75 Å². The molecule has 0 fully saturated rings. The average molecular weight is 257 g/mol. The summed E-state index contributed by atoms with van der Waals surface area (Å²) in [5.41, 5.74) is 3.42. The second-order valence-corrected chi connectivity index (χ2v) is 5.00. The van der Waals surface area contributed by atoms with Crippen LogP contribution >= 0.6 is 0 Å². The van der Waals surface area contributed by atoms with E-state index in [4.69, 9.17) is 0 Å². The normalized spacial score (nSPS) is 16.8. The van der Waals surface area contributed by atoms with Crippen molar-refractivity contribution >= 4 is 0 Å². The molecule has 3 rings (SSSR count). The molecule has 0 radical (unpaired) electrons. The molecule has 1 unspecified atom stereocenters. The van der Waals surface area contributed by atoms with Crippen LogP contribution in [0.25, 0.3) is 0 Å². The SMILES string of the molecule is Oc1ccc(F)cc1CNCC1Cc2ccccc21. The second kappa shape index (κ2) is 5.02. The van der Waals surface area contributed by atoms with Crippen LogP contribution < -0.4 is 5.32 Å². The number of hydrogen-bond acceptors (Lipinski definition) is 2. The van der Waals surface area contributed by atoms with Crippen LogP contribution in [0.1, 0.15) is 22.6 Å². The van der Waals surface area contributed by atoms with E-state index in [1.807, 2.05) is 0 Å². The van der Waals surface area contributed by atoms with Gasteiger partial charge in [-0.1, -0.05) is 24.3 Å². The van der Waals surface area contributed by atoms with Gasteiger partial charge >= 0.3 is 0 Å². The number of halogens is 1. The van der Waals surface area contributed by atoms with Gasteiger partial charge in [-0.05, 0) is 35.7 Å². The van der Waals surface area contributed by atoms with Gasteiger partial charge in [0.2, 0.25) is 0 Å². The molecule has 0 bridgehead atoms. The first kappa shape index (κ1) is 12.2. The lowest BCUT2D eigenvalue weighted by atomic mass is 9.77. The number of nitrogens with one attached hydrogen (secondary N) is 1. The average Bonchev–Trinajstić information content (AvgIpc) is 2.39. The van der Waals surface area contributed by atoms with Gasteiger partial charge in [-0.25, -0.2) is 4.39 Å². The van der Waals surface area contributed by atoms with Crippen LogP contribution in [0.4, 0.5) is 4.39 Å². The van der Waals surface area contributed by atoms with Crippen LogP contribution in [0.15, 0.2) is 42.5 Å². The fourth-order valence-corrected chi connectivity index (χ4v) is 2.62. The number of aromatic hydroxyl groups is 1. The van der Waals surface area contributed by atoms with E-state index in [1.54, 1.807) is 0 Å². The summed E-state index contributed by atoms with van der Waals surface area (Å²) in [5.74, 6) is 0.360. The number of benzene rings is 2. The number of fused-ring (bicyclic) bond motifs is 1. The maximum Gasteiger partial charge on any atom is 0.123 e. The Morgan fingerprint density at radius 2 is 2.05 bits per heavy atom. The summed E-state index contributed by atoms with van der Waals surface area (Å²) in [6.45, 7) is 1.34. The molecular formula is C16H16FNO. The zero-order valence-electron chi connectivity index (χ0n) is 10.6. The molecule has 0 saturated carbocycles. The molecule has 0 aromatic heterocycles. The molecular weight excluding hydrogens is 241 g/mol. The Morgan fingerprint density at radius 1 is 1.21 bits per heavy atom. The number of phenols is 1. The molecule has 1 aliphatic rings. The van der Waals surface area contributed by atoms with E-state index in [0.717, 1.165) is 13.0 Å². The van der Waals surface area contributed by atoms with Crippen LogP contribution in [-0.4, -0.2) is 11.7 Å². The predicted molar refractivity (Wildman–Crippen MR) is 72.7 cm³/mol. The number of phenolic OH excluding ortho intramolecular Hbond substituents is 1. The second-order valence-electron chi connectivity index (χ2n) is 5.00. The fourth-order valence-electron chi connectivity index (χ4n) is 2.62. The van der Waals surface area contributed by atoms with Gasteiger partial charge in [0.1, 0.15) is 11.6 Å². The predicted octanol–water partition coefficient (Wildman–Crippen LogP) is 2.96. The summed E-state index contributed by atoms with van der Waals surface area (Å²) in [7, 11) is 0. The van der Waals surface area contributed by atoms with Crippen molar-refractivity contribution in [2.24, 2.45) is 0 Å².